The number of ether oxygens (including phenoxy) is 3. The molecule has 25 heavy (non-hydrogen) atoms. The van der Waals surface area contributed by atoms with Crippen molar-refractivity contribution in [3.63, 3.8) is 0 Å². The van der Waals surface area contributed by atoms with Crippen LogP contribution in [-0.4, -0.2) is 76.2 Å². The Balaban J connectivity index is 2.95. The summed E-state index contributed by atoms with van der Waals surface area (Å²) in [6.07, 6.45) is 0.161. The number of amides is 1. The maximum absolute atomic E-state index is 12.9. The molecule has 1 amide bonds. The molecule has 0 aliphatic carbocycles. The Hall–Kier alpha value is -2.28. The molecule has 0 bridgehead atoms. The van der Waals surface area contributed by atoms with Gasteiger partial charge in [0.15, 0.2) is 0 Å². The van der Waals surface area contributed by atoms with Crippen LogP contribution in [0.5, 0.6) is 11.5 Å². The second-order valence-electron chi connectivity index (χ2n) is 5.75. The van der Waals surface area contributed by atoms with Gasteiger partial charge in [-0.3, -0.25) is 9.59 Å². The predicted molar refractivity (Wildman–Crippen MR) is 95.3 cm³/mol. The molecule has 0 aliphatic rings. The zero-order valence-electron chi connectivity index (χ0n) is 15.7. The number of carbonyl (C=O) groups excluding carboxylic acids is 2. The third-order valence-corrected chi connectivity index (χ3v) is 3.59. The van der Waals surface area contributed by atoms with Crippen LogP contribution in [-0.2, 0) is 9.53 Å². The van der Waals surface area contributed by atoms with Crippen LogP contribution < -0.4 is 9.47 Å². The Labute approximate surface area is 149 Å². The topological polar surface area (TPSA) is 68.3 Å². The maximum Gasteiger partial charge on any atom is 0.307 e. The van der Waals surface area contributed by atoms with E-state index in [-0.39, 0.29) is 18.3 Å². The number of hydrogen-bond donors (Lipinski definition) is 0. The molecule has 7 heteroatoms. The molecule has 0 aliphatic heterocycles. The molecule has 1 aromatic rings. The average molecular weight is 352 g/mol. The fraction of sp³-hybridized carbons (Fsp3) is 0.556. The summed E-state index contributed by atoms with van der Waals surface area (Å²) < 4.78 is 15.4. The average Bonchev–Trinajstić information content (AvgIpc) is 2.60. The summed E-state index contributed by atoms with van der Waals surface area (Å²) in [6.45, 7) is 3.58. The third kappa shape index (κ3) is 7.01. The molecule has 1 rings (SSSR count). The van der Waals surface area contributed by atoms with Crippen molar-refractivity contribution in [3.8, 4) is 11.5 Å². The number of rotatable bonds is 10. The summed E-state index contributed by atoms with van der Waals surface area (Å²) in [5.41, 5.74) is 0.457. The molecule has 1 aromatic carbocycles. The lowest BCUT2D eigenvalue weighted by atomic mass is 10.1. The van der Waals surface area contributed by atoms with Gasteiger partial charge in [0.2, 0.25) is 0 Å². The Bertz CT molecular complexity index is 552. The molecule has 0 fully saturated rings. The van der Waals surface area contributed by atoms with E-state index in [1.807, 2.05) is 19.0 Å². The second kappa shape index (κ2) is 10.6. The molecule has 0 heterocycles. The lowest BCUT2D eigenvalue weighted by molar-refractivity contribution is -0.143. The molecule has 140 valence electrons. The first kappa shape index (κ1) is 20.8. The van der Waals surface area contributed by atoms with Gasteiger partial charge in [0, 0.05) is 31.3 Å². The zero-order chi connectivity index (χ0) is 18.8. The molecule has 0 aromatic heterocycles. The molecule has 0 N–H and O–H groups in total. The Morgan fingerprint density at radius 1 is 0.960 bits per heavy atom. The SMILES string of the molecule is CCOC(=O)CCN(CCN(C)C)C(=O)c1cc(OC)cc(OC)c1. The van der Waals surface area contributed by atoms with Crippen LogP contribution in [0.25, 0.3) is 0 Å². The normalized spacial score (nSPS) is 10.5. The Morgan fingerprint density at radius 2 is 1.56 bits per heavy atom. The van der Waals surface area contributed by atoms with Crippen LogP contribution in [0.2, 0.25) is 0 Å². The summed E-state index contributed by atoms with van der Waals surface area (Å²) in [5.74, 6) is 0.595. The molecule has 0 atom stereocenters. The molecular weight excluding hydrogens is 324 g/mol. The number of nitrogens with zero attached hydrogens (tertiary/aromatic N) is 2. The van der Waals surface area contributed by atoms with Gasteiger partial charge < -0.3 is 24.0 Å². The third-order valence-electron chi connectivity index (χ3n) is 3.59. The van der Waals surface area contributed by atoms with Crippen molar-refractivity contribution >= 4 is 11.9 Å². The van der Waals surface area contributed by atoms with Crippen LogP contribution in [0.1, 0.15) is 23.7 Å². The monoisotopic (exact) mass is 352 g/mol. The van der Waals surface area contributed by atoms with Crippen LogP contribution >= 0.6 is 0 Å². The van der Waals surface area contributed by atoms with E-state index in [0.717, 1.165) is 0 Å². The minimum Gasteiger partial charge on any atom is -0.497 e. The summed E-state index contributed by atoms with van der Waals surface area (Å²) in [7, 11) is 6.94. The highest BCUT2D eigenvalue weighted by Crippen LogP contribution is 2.23. The van der Waals surface area contributed by atoms with Crippen molar-refractivity contribution in [2.24, 2.45) is 0 Å². The van der Waals surface area contributed by atoms with E-state index in [1.54, 1.807) is 30.0 Å². The molecule has 0 saturated carbocycles. The zero-order valence-corrected chi connectivity index (χ0v) is 15.7. The van der Waals surface area contributed by atoms with Crippen LogP contribution in [0.3, 0.4) is 0 Å². The number of carbonyl (C=O) groups is 2. The Kier molecular flexibility index (Phi) is 8.77. The van der Waals surface area contributed by atoms with Crippen molar-refractivity contribution in [2.75, 3.05) is 54.6 Å². The van der Waals surface area contributed by atoms with Gasteiger partial charge in [0.1, 0.15) is 11.5 Å². The molecule has 0 radical (unpaired) electrons. The predicted octanol–water partition coefficient (Wildman–Crippen LogP) is 1.66. The van der Waals surface area contributed by atoms with E-state index in [2.05, 4.69) is 0 Å². The molecule has 7 nitrogen and oxygen atoms in total. The first-order chi connectivity index (χ1) is 11.9. The van der Waals surface area contributed by atoms with Crippen molar-refractivity contribution in [3.05, 3.63) is 23.8 Å². The van der Waals surface area contributed by atoms with Gasteiger partial charge in [0.05, 0.1) is 27.2 Å². The van der Waals surface area contributed by atoms with Crippen molar-refractivity contribution in [1.82, 2.24) is 9.80 Å². The number of esters is 1. The summed E-state index contributed by atoms with van der Waals surface area (Å²) in [5, 5.41) is 0. The number of likely N-dealkylation sites (N-methyl/N-ethyl adjacent to an activating group) is 1. The van der Waals surface area contributed by atoms with E-state index in [1.165, 1.54) is 14.2 Å². The number of hydrogen-bond acceptors (Lipinski definition) is 6. The van der Waals surface area contributed by atoms with Gasteiger partial charge in [-0.15, -0.1) is 0 Å². The minimum absolute atomic E-state index is 0.161. The van der Waals surface area contributed by atoms with Crippen molar-refractivity contribution < 1.29 is 23.8 Å². The lowest BCUT2D eigenvalue weighted by Crippen LogP contribution is -2.38. The fourth-order valence-corrected chi connectivity index (χ4v) is 2.21. The number of benzene rings is 1. The molecule has 0 unspecified atom stereocenters. The van der Waals surface area contributed by atoms with Gasteiger partial charge >= 0.3 is 5.97 Å². The quantitative estimate of drug-likeness (QED) is 0.597. The van der Waals surface area contributed by atoms with Crippen LogP contribution in [0.15, 0.2) is 18.2 Å². The van der Waals surface area contributed by atoms with E-state index in [4.69, 9.17) is 14.2 Å². The fourth-order valence-electron chi connectivity index (χ4n) is 2.21. The van der Waals surface area contributed by atoms with E-state index in [0.29, 0.717) is 43.3 Å². The van der Waals surface area contributed by atoms with Crippen LogP contribution in [0.4, 0.5) is 0 Å². The molecular formula is C18H28N2O5. The first-order valence-corrected chi connectivity index (χ1v) is 8.24. The summed E-state index contributed by atoms with van der Waals surface area (Å²) >= 11 is 0. The maximum atomic E-state index is 12.9. The van der Waals surface area contributed by atoms with Gasteiger partial charge in [-0.25, -0.2) is 0 Å². The largest absolute Gasteiger partial charge is 0.497 e. The van der Waals surface area contributed by atoms with E-state index >= 15 is 0 Å². The van der Waals surface area contributed by atoms with Gasteiger partial charge in [-0.1, -0.05) is 0 Å². The molecule has 0 saturated heterocycles. The highest BCUT2D eigenvalue weighted by Gasteiger charge is 2.19. The van der Waals surface area contributed by atoms with Gasteiger partial charge in [0.25, 0.3) is 5.91 Å². The number of methoxy groups -OCH3 is 2. The molecule has 0 spiro atoms. The van der Waals surface area contributed by atoms with E-state index in [9.17, 15) is 9.59 Å². The summed E-state index contributed by atoms with van der Waals surface area (Å²) in [4.78, 5) is 28.2. The van der Waals surface area contributed by atoms with E-state index < -0.39 is 0 Å². The smallest absolute Gasteiger partial charge is 0.307 e. The lowest BCUT2D eigenvalue weighted by Gasteiger charge is -2.24. The minimum atomic E-state index is -0.312. The van der Waals surface area contributed by atoms with Gasteiger partial charge in [-0.05, 0) is 33.2 Å². The van der Waals surface area contributed by atoms with Crippen molar-refractivity contribution in [2.45, 2.75) is 13.3 Å². The standard InChI is InChI=1S/C18H28N2O5/c1-6-25-17(21)7-8-20(10-9-19(2)3)18(22)14-11-15(23-4)13-16(12-14)24-5/h11-13H,6-10H2,1-5H3. The summed E-state index contributed by atoms with van der Waals surface area (Å²) in [6, 6.07) is 5.04. The highest BCUT2D eigenvalue weighted by atomic mass is 16.5. The van der Waals surface area contributed by atoms with Gasteiger partial charge in [-0.2, -0.15) is 0 Å². The second-order valence-corrected chi connectivity index (χ2v) is 5.75. The van der Waals surface area contributed by atoms with Crippen molar-refractivity contribution in [1.29, 1.82) is 0 Å². The van der Waals surface area contributed by atoms with Crippen LogP contribution in [0, 0.1) is 0 Å². The highest BCUT2D eigenvalue weighted by molar-refractivity contribution is 5.95. The Morgan fingerprint density at radius 3 is 2.04 bits per heavy atom. The first-order valence-electron chi connectivity index (χ1n) is 8.24.